The Morgan fingerprint density at radius 2 is 2.36 bits per heavy atom. The number of likely N-dealkylation sites (tertiary alicyclic amines) is 1. The molecule has 1 heterocycles. The molecule has 0 bridgehead atoms. The average molecular weight is 149 g/mol. The first-order chi connectivity index (χ1) is 5.40. The van der Waals surface area contributed by atoms with Crippen LogP contribution in [0, 0.1) is 23.7 Å². The molecular weight excluding hydrogens is 134 g/mol. The van der Waals surface area contributed by atoms with Crippen LogP contribution >= 0.6 is 0 Å². The van der Waals surface area contributed by atoms with Crippen LogP contribution in [0.4, 0.5) is 0 Å². The van der Waals surface area contributed by atoms with Crippen LogP contribution < -0.4 is 0 Å². The van der Waals surface area contributed by atoms with E-state index < -0.39 is 0 Å². The lowest BCUT2D eigenvalue weighted by Gasteiger charge is -2.23. The standard InChI is InChI=1S/C10H15N/c1-2-3-5-11-6-4-9-7-10(9)8-11/h9-10H,4-8H2,1H3. The Kier molecular flexibility index (Phi) is 1.87. The van der Waals surface area contributed by atoms with Crippen LogP contribution in [0.2, 0.25) is 0 Å². The zero-order valence-electron chi connectivity index (χ0n) is 7.14. The average Bonchev–Trinajstić information content (AvgIpc) is 2.78. The monoisotopic (exact) mass is 149 g/mol. The molecule has 2 unspecified atom stereocenters. The van der Waals surface area contributed by atoms with Gasteiger partial charge >= 0.3 is 0 Å². The summed E-state index contributed by atoms with van der Waals surface area (Å²) in [6.07, 6.45) is 2.92. The highest BCUT2D eigenvalue weighted by Gasteiger charge is 2.40. The van der Waals surface area contributed by atoms with E-state index in [4.69, 9.17) is 0 Å². The Morgan fingerprint density at radius 1 is 1.45 bits per heavy atom. The van der Waals surface area contributed by atoms with E-state index in [1.807, 2.05) is 6.92 Å². The van der Waals surface area contributed by atoms with E-state index in [-0.39, 0.29) is 0 Å². The lowest BCUT2D eigenvalue weighted by atomic mass is 10.1. The van der Waals surface area contributed by atoms with Gasteiger partial charge in [0.1, 0.15) is 0 Å². The maximum atomic E-state index is 3.13. The van der Waals surface area contributed by atoms with Crippen LogP contribution in [0.1, 0.15) is 19.8 Å². The van der Waals surface area contributed by atoms with Gasteiger partial charge in [0.2, 0.25) is 0 Å². The fourth-order valence-corrected chi connectivity index (χ4v) is 1.99. The Bertz CT molecular complexity index is 199. The van der Waals surface area contributed by atoms with E-state index in [1.54, 1.807) is 0 Å². The van der Waals surface area contributed by atoms with Gasteiger partial charge in [0.25, 0.3) is 0 Å². The molecule has 0 aromatic carbocycles. The molecule has 2 aliphatic rings. The number of fused-ring (bicyclic) bond motifs is 1. The molecule has 11 heavy (non-hydrogen) atoms. The minimum atomic E-state index is 1.000. The third-order valence-electron chi connectivity index (χ3n) is 2.86. The van der Waals surface area contributed by atoms with E-state index in [2.05, 4.69) is 16.7 Å². The third kappa shape index (κ3) is 1.57. The first kappa shape index (κ1) is 7.18. The molecule has 0 amide bonds. The minimum Gasteiger partial charge on any atom is -0.292 e. The fourth-order valence-electron chi connectivity index (χ4n) is 1.99. The van der Waals surface area contributed by atoms with Crippen molar-refractivity contribution in [2.45, 2.75) is 19.8 Å². The molecule has 0 aromatic heterocycles. The van der Waals surface area contributed by atoms with Crippen molar-refractivity contribution >= 4 is 0 Å². The van der Waals surface area contributed by atoms with E-state index in [0.717, 1.165) is 18.4 Å². The van der Waals surface area contributed by atoms with Crippen LogP contribution in [0.5, 0.6) is 0 Å². The van der Waals surface area contributed by atoms with Crippen LogP contribution in [-0.4, -0.2) is 24.5 Å². The number of piperidine rings is 1. The lowest BCUT2D eigenvalue weighted by molar-refractivity contribution is 0.245. The van der Waals surface area contributed by atoms with Gasteiger partial charge in [-0.05, 0) is 38.1 Å². The predicted molar refractivity (Wildman–Crippen MR) is 46.1 cm³/mol. The van der Waals surface area contributed by atoms with Crippen LogP contribution in [0.3, 0.4) is 0 Å². The zero-order chi connectivity index (χ0) is 7.68. The van der Waals surface area contributed by atoms with Crippen LogP contribution in [0.25, 0.3) is 0 Å². The summed E-state index contributed by atoms with van der Waals surface area (Å²) in [5.41, 5.74) is 0. The van der Waals surface area contributed by atoms with Gasteiger partial charge in [-0.1, -0.05) is 5.92 Å². The second-order valence-electron chi connectivity index (χ2n) is 3.71. The van der Waals surface area contributed by atoms with Crippen molar-refractivity contribution in [2.24, 2.45) is 11.8 Å². The molecule has 0 N–H and O–H groups in total. The van der Waals surface area contributed by atoms with Gasteiger partial charge < -0.3 is 0 Å². The maximum absolute atomic E-state index is 3.13. The summed E-state index contributed by atoms with van der Waals surface area (Å²) in [5, 5.41) is 0. The topological polar surface area (TPSA) is 3.24 Å². The third-order valence-corrected chi connectivity index (χ3v) is 2.86. The number of hydrogen-bond donors (Lipinski definition) is 0. The Hall–Kier alpha value is -0.480. The van der Waals surface area contributed by atoms with E-state index in [1.165, 1.54) is 25.9 Å². The highest BCUT2D eigenvalue weighted by molar-refractivity contribution is 5.01. The second-order valence-corrected chi connectivity index (χ2v) is 3.71. The molecule has 0 radical (unpaired) electrons. The first-order valence-corrected chi connectivity index (χ1v) is 4.52. The van der Waals surface area contributed by atoms with Gasteiger partial charge in [-0.3, -0.25) is 4.90 Å². The van der Waals surface area contributed by atoms with Crippen molar-refractivity contribution in [3.63, 3.8) is 0 Å². The van der Waals surface area contributed by atoms with Crippen molar-refractivity contribution in [1.82, 2.24) is 4.90 Å². The number of rotatable bonds is 1. The molecule has 0 aromatic rings. The normalized spacial score (nSPS) is 35.4. The molecule has 2 fully saturated rings. The van der Waals surface area contributed by atoms with E-state index in [0.29, 0.717) is 0 Å². The molecule has 1 aliphatic carbocycles. The van der Waals surface area contributed by atoms with Crippen molar-refractivity contribution in [2.75, 3.05) is 19.6 Å². The maximum Gasteiger partial charge on any atom is 0.0601 e. The molecular formula is C10H15N. The Balaban J connectivity index is 1.79. The molecule has 0 spiro atoms. The first-order valence-electron chi connectivity index (χ1n) is 4.52. The second kappa shape index (κ2) is 2.87. The highest BCUT2D eigenvalue weighted by Crippen LogP contribution is 2.44. The van der Waals surface area contributed by atoms with Crippen LogP contribution in [0.15, 0.2) is 0 Å². The molecule has 1 aliphatic heterocycles. The summed E-state index contributed by atoms with van der Waals surface area (Å²) in [7, 11) is 0. The molecule has 1 nitrogen and oxygen atoms in total. The van der Waals surface area contributed by atoms with Crippen molar-refractivity contribution < 1.29 is 0 Å². The SMILES string of the molecule is CC#CCN1CCC2CC2C1. The summed E-state index contributed by atoms with van der Waals surface area (Å²) in [4.78, 5) is 2.49. The Morgan fingerprint density at radius 3 is 3.09 bits per heavy atom. The molecule has 2 atom stereocenters. The molecule has 1 saturated carbocycles. The Labute approximate surface area is 68.8 Å². The quantitative estimate of drug-likeness (QED) is 0.509. The minimum absolute atomic E-state index is 1.000. The summed E-state index contributed by atoms with van der Waals surface area (Å²) in [6.45, 7) is 5.53. The number of nitrogens with zero attached hydrogens (tertiary/aromatic N) is 1. The van der Waals surface area contributed by atoms with Gasteiger partial charge in [-0.2, -0.15) is 0 Å². The largest absolute Gasteiger partial charge is 0.292 e. The summed E-state index contributed by atoms with van der Waals surface area (Å²) >= 11 is 0. The van der Waals surface area contributed by atoms with Gasteiger partial charge in [-0.15, -0.1) is 5.92 Å². The molecule has 60 valence electrons. The van der Waals surface area contributed by atoms with Crippen molar-refractivity contribution in [3.05, 3.63) is 0 Å². The highest BCUT2D eigenvalue weighted by atomic mass is 15.1. The van der Waals surface area contributed by atoms with E-state index in [9.17, 15) is 0 Å². The molecule has 1 saturated heterocycles. The number of hydrogen-bond acceptors (Lipinski definition) is 1. The predicted octanol–water partition coefficient (Wildman–Crippen LogP) is 1.35. The van der Waals surface area contributed by atoms with Gasteiger partial charge in [0.15, 0.2) is 0 Å². The lowest BCUT2D eigenvalue weighted by Crippen LogP contribution is -2.31. The van der Waals surface area contributed by atoms with Crippen LogP contribution in [-0.2, 0) is 0 Å². The van der Waals surface area contributed by atoms with Gasteiger partial charge in [0, 0.05) is 6.54 Å². The van der Waals surface area contributed by atoms with Crippen molar-refractivity contribution in [3.8, 4) is 11.8 Å². The van der Waals surface area contributed by atoms with Gasteiger partial charge in [-0.25, -0.2) is 0 Å². The summed E-state index contributed by atoms with van der Waals surface area (Å²) in [5.74, 6) is 8.23. The smallest absolute Gasteiger partial charge is 0.0601 e. The summed E-state index contributed by atoms with van der Waals surface area (Å²) in [6, 6.07) is 0. The fraction of sp³-hybridized carbons (Fsp3) is 0.800. The molecule has 2 rings (SSSR count). The van der Waals surface area contributed by atoms with Crippen molar-refractivity contribution in [1.29, 1.82) is 0 Å². The van der Waals surface area contributed by atoms with Gasteiger partial charge in [0.05, 0.1) is 6.54 Å². The zero-order valence-corrected chi connectivity index (χ0v) is 7.14. The van der Waals surface area contributed by atoms with E-state index >= 15 is 0 Å². The molecule has 1 heteroatoms. The summed E-state index contributed by atoms with van der Waals surface area (Å²) < 4.78 is 0.